The molecule has 0 unspecified atom stereocenters. The van der Waals surface area contributed by atoms with Gasteiger partial charge in [-0.3, -0.25) is 0 Å². The molecule has 0 bridgehead atoms. The van der Waals surface area contributed by atoms with Gasteiger partial charge in [-0.15, -0.1) is 0 Å². The van der Waals surface area contributed by atoms with Gasteiger partial charge in [0.05, 0.1) is 5.56 Å². The third-order valence-corrected chi connectivity index (χ3v) is 2.60. The van der Waals surface area contributed by atoms with E-state index >= 15 is 0 Å². The fraction of sp³-hybridized carbons (Fsp3) is 0.154. The van der Waals surface area contributed by atoms with Gasteiger partial charge in [0, 0.05) is 0 Å². The molecule has 1 aromatic carbocycles. The molecule has 0 spiro atoms. The van der Waals surface area contributed by atoms with Gasteiger partial charge in [-0.05, 0) is 24.1 Å². The third kappa shape index (κ3) is 3.18. The second kappa shape index (κ2) is 5.79. The Morgan fingerprint density at radius 2 is 1.90 bits per heavy atom. The van der Waals surface area contributed by atoms with Crippen molar-refractivity contribution in [1.29, 1.82) is 0 Å². The zero-order valence-corrected chi connectivity index (χ0v) is 10.5. The normalized spacial score (nSPS) is 12.7. The number of nitrogens with two attached hydrogens (primary N) is 1. The zero-order chi connectivity index (χ0) is 15.5. The Hall–Kier alpha value is -2.28. The van der Waals surface area contributed by atoms with E-state index < -0.39 is 23.3 Å². The van der Waals surface area contributed by atoms with Crippen LogP contribution in [-0.4, -0.2) is 11.1 Å². The van der Waals surface area contributed by atoms with Crippen LogP contribution in [0.4, 0.5) is 13.2 Å². The Bertz CT molecular complexity index is 576. The van der Waals surface area contributed by atoms with Crippen LogP contribution in [0.3, 0.4) is 0 Å². The van der Waals surface area contributed by atoms with Crippen molar-refractivity contribution in [2.45, 2.75) is 13.1 Å². The summed E-state index contributed by atoms with van der Waals surface area (Å²) < 4.78 is 38.7. The van der Waals surface area contributed by atoms with E-state index in [1.807, 2.05) is 0 Å². The van der Waals surface area contributed by atoms with Crippen LogP contribution in [-0.2, 0) is 15.8 Å². The first-order valence-electron chi connectivity index (χ1n) is 5.37. The van der Waals surface area contributed by atoms with Gasteiger partial charge >= 0.3 is 12.1 Å². The summed E-state index contributed by atoms with van der Waals surface area (Å²) in [6.07, 6.45) is -4.62. The summed E-state index contributed by atoms with van der Waals surface area (Å²) in [5, 5.41) is 9.06. The number of carbonyl (C=O) groups is 1. The van der Waals surface area contributed by atoms with E-state index in [4.69, 9.17) is 11.0 Å². The zero-order valence-electron chi connectivity index (χ0n) is 10.5. The van der Waals surface area contributed by atoms with Gasteiger partial charge in [-0.2, -0.15) is 19.1 Å². The van der Waals surface area contributed by atoms with Gasteiger partial charge in [-0.1, -0.05) is 24.8 Å². The van der Waals surface area contributed by atoms with Crippen LogP contribution in [0, 0.1) is 0 Å². The predicted molar refractivity (Wildman–Crippen MR) is 66.1 cm³/mol. The number of halogens is 3. The maximum atomic E-state index is 12.9. The van der Waals surface area contributed by atoms with E-state index in [9.17, 15) is 18.0 Å². The Kier molecular flexibility index (Phi) is 4.57. The summed E-state index contributed by atoms with van der Waals surface area (Å²) in [5.74, 6) is 3.15. The van der Waals surface area contributed by atoms with Gasteiger partial charge in [-0.25, -0.2) is 4.79 Å². The third-order valence-electron chi connectivity index (χ3n) is 2.60. The second-order valence-corrected chi connectivity index (χ2v) is 3.88. The van der Waals surface area contributed by atoms with Crippen LogP contribution in [0.2, 0.25) is 0 Å². The van der Waals surface area contributed by atoms with Gasteiger partial charge in [0.2, 0.25) is 0 Å². The van der Waals surface area contributed by atoms with E-state index in [1.54, 1.807) is 0 Å². The summed E-state index contributed by atoms with van der Waals surface area (Å²) in [6, 6.07) is 4.54. The van der Waals surface area contributed by atoms with E-state index in [1.165, 1.54) is 19.1 Å². The minimum absolute atomic E-state index is 0.237. The topological polar surface area (TPSA) is 72.5 Å². The van der Waals surface area contributed by atoms with Gasteiger partial charge in [0.15, 0.2) is 0 Å². The summed E-state index contributed by atoms with van der Waals surface area (Å²) >= 11 is 0. The molecule has 0 amide bonds. The van der Waals surface area contributed by atoms with E-state index in [0.717, 1.165) is 12.1 Å². The van der Waals surface area contributed by atoms with Crippen LogP contribution in [0.15, 0.2) is 42.2 Å². The first kappa shape index (κ1) is 15.8. The van der Waals surface area contributed by atoms with Crippen LogP contribution in [0.1, 0.15) is 18.1 Å². The Morgan fingerprint density at radius 3 is 2.35 bits per heavy atom. The van der Waals surface area contributed by atoms with Crippen molar-refractivity contribution >= 4 is 11.5 Å². The molecule has 0 fully saturated rings. The maximum absolute atomic E-state index is 12.9. The van der Waals surface area contributed by atoms with Crippen molar-refractivity contribution in [3.05, 3.63) is 53.3 Å². The molecule has 1 rings (SSSR count). The first-order chi connectivity index (χ1) is 9.20. The summed E-state index contributed by atoms with van der Waals surface area (Å²) in [7, 11) is 0. The molecule has 1 aromatic rings. The van der Waals surface area contributed by atoms with Gasteiger partial charge in [0.1, 0.15) is 11.3 Å². The largest absolute Gasteiger partial charge is 0.478 e. The molecule has 0 saturated carbocycles. The molecule has 0 aliphatic rings. The summed E-state index contributed by atoms with van der Waals surface area (Å²) in [6.45, 7) is 4.64. The molecule has 0 saturated heterocycles. The molecule has 0 heterocycles. The number of aliphatic carboxylic acids is 1. The fourth-order valence-corrected chi connectivity index (χ4v) is 1.68. The van der Waals surface area contributed by atoms with Crippen molar-refractivity contribution < 1.29 is 27.9 Å². The molecule has 20 heavy (non-hydrogen) atoms. The molecule has 7 heteroatoms. The van der Waals surface area contributed by atoms with Crippen LogP contribution >= 0.6 is 0 Å². The molecular formula is C13H12F3NO3. The monoisotopic (exact) mass is 287 g/mol. The second-order valence-electron chi connectivity index (χ2n) is 3.88. The highest BCUT2D eigenvalue weighted by Gasteiger charge is 2.34. The number of carboxylic acids is 1. The van der Waals surface area contributed by atoms with Crippen LogP contribution in [0.5, 0.6) is 0 Å². The smallest absolute Gasteiger partial charge is 0.417 e. The molecule has 0 aliphatic heterocycles. The lowest BCUT2D eigenvalue weighted by Gasteiger charge is -2.16. The number of allylic oxidation sites excluding steroid dienone is 1. The number of carboxylic acid groups (broad SMARTS) is 1. The minimum atomic E-state index is -4.62. The van der Waals surface area contributed by atoms with E-state index in [-0.39, 0.29) is 16.9 Å². The number of alkyl halides is 3. The number of hydrogen-bond donors (Lipinski definition) is 2. The molecule has 4 nitrogen and oxygen atoms in total. The van der Waals surface area contributed by atoms with Crippen molar-refractivity contribution in [2.75, 3.05) is 0 Å². The van der Waals surface area contributed by atoms with Gasteiger partial charge < -0.3 is 9.94 Å². The molecule has 108 valence electrons. The highest BCUT2D eigenvalue weighted by Crippen LogP contribution is 2.37. The quantitative estimate of drug-likeness (QED) is 0.386. The van der Waals surface area contributed by atoms with Crippen LogP contribution < -0.4 is 5.90 Å². The maximum Gasteiger partial charge on any atom is 0.417 e. The average molecular weight is 287 g/mol. The van der Waals surface area contributed by atoms with E-state index in [0.29, 0.717) is 0 Å². The predicted octanol–water partition coefficient (Wildman–Crippen LogP) is 2.97. The molecule has 3 N–H and O–H groups in total. The number of rotatable bonds is 4. The molecule has 0 aromatic heterocycles. The lowest BCUT2D eigenvalue weighted by Crippen LogP contribution is -2.13. The average Bonchev–Trinajstić information content (AvgIpc) is 2.37. The Labute approximate surface area is 112 Å². The molecule has 0 atom stereocenters. The Morgan fingerprint density at radius 1 is 1.35 bits per heavy atom. The number of hydrogen-bond acceptors (Lipinski definition) is 3. The Balaban J connectivity index is 3.46. The summed E-state index contributed by atoms with van der Waals surface area (Å²) in [5.41, 5.74) is -2.15. The standard InChI is InChI=1S/C13H12F3NO3/c1-7(11(12(18)19)8(2)20-17)9-5-3-4-6-10(9)13(14,15)16/h3-6H,1,17H2,2H3,(H,18,19)/b11-8+. The van der Waals surface area contributed by atoms with Crippen LogP contribution in [0.25, 0.3) is 5.57 Å². The van der Waals surface area contributed by atoms with E-state index in [2.05, 4.69) is 11.4 Å². The summed E-state index contributed by atoms with van der Waals surface area (Å²) in [4.78, 5) is 15.4. The minimum Gasteiger partial charge on any atom is -0.478 e. The van der Waals surface area contributed by atoms with Crippen molar-refractivity contribution in [3.8, 4) is 0 Å². The lowest BCUT2D eigenvalue weighted by molar-refractivity contribution is -0.138. The fourth-order valence-electron chi connectivity index (χ4n) is 1.68. The number of benzene rings is 1. The lowest BCUT2D eigenvalue weighted by atomic mass is 9.94. The molecule has 0 aliphatic carbocycles. The SMILES string of the molecule is C=C(/C(C(=O)O)=C(/C)ON)c1ccccc1C(F)(F)F. The van der Waals surface area contributed by atoms with Crippen molar-refractivity contribution in [2.24, 2.45) is 5.90 Å². The van der Waals surface area contributed by atoms with Gasteiger partial charge in [0.25, 0.3) is 0 Å². The highest BCUT2D eigenvalue weighted by molar-refractivity contribution is 6.05. The van der Waals surface area contributed by atoms with Crippen molar-refractivity contribution in [1.82, 2.24) is 0 Å². The molecule has 0 radical (unpaired) electrons. The highest BCUT2D eigenvalue weighted by atomic mass is 19.4. The van der Waals surface area contributed by atoms with Crippen molar-refractivity contribution in [3.63, 3.8) is 0 Å². The molecular weight excluding hydrogens is 275 g/mol. The first-order valence-corrected chi connectivity index (χ1v) is 5.37.